The molecule has 0 unspecified atom stereocenters. The fraction of sp³-hybridized carbons (Fsp3) is 0.900. The Morgan fingerprint density at radius 2 is 2.07 bits per heavy atom. The molecule has 0 atom stereocenters. The molecule has 14 heavy (non-hydrogen) atoms. The molecular weight excluding hydrogens is 180 g/mol. The highest BCUT2D eigenvalue weighted by atomic mass is 16.6. The van der Waals surface area contributed by atoms with E-state index >= 15 is 0 Å². The molecule has 0 spiro atoms. The predicted octanol–water partition coefficient (Wildman–Crippen LogP) is 0.232. The SMILES string of the molecule is CN(CC(=O)OC(C)(C)C)C1CNC1. The van der Waals surface area contributed by atoms with Crippen LogP contribution in [0.5, 0.6) is 0 Å². The van der Waals surface area contributed by atoms with Crippen molar-refractivity contribution in [2.75, 3.05) is 26.7 Å². The summed E-state index contributed by atoms with van der Waals surface area (Å²) in [5.74, 6) is -0.146. The van der Waals surface area contributed by atoms with Gasteiger partial charge in [0.05, 0.1) is 6.54 Å². The molecule has 1 saturated heterocycles. The Hall–Kier alpha value is -0.610. The zero-order valence-corrected chi connectivity index (χ0v) is 9.46. The van der Waals surface area contributed by atoms with Gasteiger partial charge in [-0.3, -0.25) is 9.69 Å². The second-order valence-electron chi connectivity index (χ2n) is 4.81. The van der Waals surface area contributed by atoms with E-state index in [9.17, 15) is 4.79 Å². The van der Waals surface area contributed by atoms with Gasteiger partial charge in [0.1, 0.15) is 5.60 Å². The number of nitrogens with one attached hydrogen (secondary N) is 1. The Morgan fingerprint density at radius 3 is 2.43 bits per heavy atom. The average molecular weight is 200 g/mol. The van der Waals surface area contributed by atoms with Gasteiger partial charge in [0, 0.05) is 19.1 Å². The highest BCUT2D eigenvalue weighted by molar-refractivity contribution is 5.72. The average Bonchev–Trinajstić information content (AvgIpc) is 1.75. The second-order valence-corrected chi connectivity index (χ2v) is 4.81. The molecule has 0 aromatic carbocycles. The fourth-order valence-corrected chi connectivity index (χ4v) is 1.29. The lowest BCUT2D eigenvalue weighted by Crippen LogP contribution is -2.57. The molecule has 1 aliphatic heterocycles. The highest BCUT2D eigenvalue weighted by Gasteiger charge is 2.25. The van der Waals surface area contributed by atoms with Crippen LogP contribution in [0.25, 0.3) is 0 Å². The third kappa shape index (κ3) is 3.64. The number of nitrogens with zero attached hydrogens (tertiary/aromatic N) is 1. The number of hydrogen-bond donors (Lipinski definition) is 1. The number of hydrogen-bond acceptors (Lipinski definition) is 4. The van der Waals surface area contributed by atoms with Crippen LogP contribution in [-0.4, -0.2) is 49.2 Å². The zero-order valence-electron chi connectivity index (χ0n) is 9.46. The summed E-state index contributed by atoms with van der Waals surface area (Å²) < 4.78 is 5.23. The van der Waals surface area contributed by atoms with Crippen molar-refractivity contribution in [3.63, 3.8) is 0 Å². The lowest BCUT2D eigenvalue weighted by Gasteiger charge is -2.35. The summed E-state index contributed by atoms with van der Waals surface area (Å²) in [5.41, 5.74) is -0.379. The molecule has 0 amide bonds. The van der Waals surface area contributed by atoms with E-state index in [2.05, 4.69) is 5.32 Å². The first-order chi connectivity index (χ1) is 6.38. The van der Waals surface area contributed by atoms with Crippen molar-refractivity contribution in [1.82, 2.24) is 10.2 Å². The van der Waals surface area contributed by atoms with Crippen LogP contribution in [0.1, 0.15) is 20.8 Å². The number of carbonyl (C=O) groups excluding carboxylic acids is 1. The normalized spacial score (nSPS) is 18.1. The first-order valence-corrected chi connectivity index (χ1v) is 5.01. The Bertz CT molecular complexity index is 207. The third-order valence-electron chi connectivity index (χ3n) is 2.18. The standard InChI is InChI=1S/C10H20N2O2/c1-10(2,3)14-9(13)7-12(4)8-5-11-6-8/h8,11H,5-7H2,1-4H3. The highest BCUT2D eigenvalue weighted by Crippen LogP contribution is 2.08. The van der Waals surface area contributed by atoms with Gasteiger partial charge in [-0.2, -0.15) is 0 Å². The van der Waals surface area contributed by atoms with E-state index in [1.54, 1.807) is 0 Å². The zero-order chi connectivity index (χ0) is 10.8. The van der Waals surface area contributed by atoms with Crippen molar-refractivity contribution in [2.45, 2.75) is 32.4 Å². The number of esters is 1. The summed E-state index contributed by atoms with van der Waals surface area (Å²) in [7, 11) is 1.95. The fourth-order valence-electron chi connectivity index (χ4n) is 1.29. The van der Waals surface area contributed by atoms with Crippen molar-refractivity contribution >= 4 is 5.97 Å². The smallest absolute Gasteiger partial charge is 0.320 e. The number of carbonyl (C=O) groups is 1. The molecule has 4 nitrogen and oxygen atoms in total. The monoisotopic (exact) mass is 200 g/mol. The molecule has 0 saturated carbocycles. The van der Waals surface area contributed by atoms with Crippen LogP contribution in [-0.2, 0) is 9.53 Å². The number of likely N-dealkylation sites (N-methyl/N-ethyl adjacent to an activating group) is 1. The molecule has 0 aromatic rings. The minimum atomic E-state index is -0.379. The van der Waals surface area contributed by atoms with Gasteiger partial charge in [0.25, 0.3) is 0 Å². The number of rotatable bonds is 3. The van der Waals surface area contributed by atoms with Crippen molar-refractivity contribution in [3.05, 3.63) is 0 Å². The first kappa shape index (κ1) is 11.5. The largest absolute Gasteiger partial charge is 0.459 e. The van der Waals surface area contributed by atoms with Crippen LogP contribution in [0.3, 0.4) is 0 Å². The first-order valence-electron chi connectivity index (χ1n) is 5.01. The Morgan fingerprint density at radius 1 is 1.50 bits per heavy atom. The van der Waals surface area contributed by atoms with E-state index in [-0.39, 0.29) is 11.6 Å². The molecular formula is C10H20N2O2. The summed E-state index contributed by atoms with van der Waals surface area (Å²) in [6.07, 6.45) is 0. The molecule has 1 aliphatic rings. The van der Waals surface area contributed by atoms with Crippen LogP contribution in [0.2, 0.25) is 0 Å². The third-order valence-corrected chi connectivity index (χ3v) is 2.18. The van der Waals surface area contributed by atoms with Crippen LogP contribution < -0.4 is 5.32 Å². The lowest BCUT2D eigenvalue weighted by atomic mass is 10.1. The quantitative estimate of drug-likeness (QED) is 0.662. The van der Waals surface area contributed by atoms with Crippen LogP contribution >= 0.6 is 0 Å². The molecule has 1 fully saturated rings. The maximum Gasteiger partial charge on any atom is 0.320 e. The van der Waals surface area contributed by atoms with Gasteiger partial charge >= 0.3 is 5.97 Å². The van der Waals surface area contributed by atoms with E-state index in [0.29, 0.717) is 12.6 Å². The van der Waals surface area contributed by atoms with Gasteiger partial charge in [0.15, 0.2) is 0 Å². The summed E-state index contributed by atoms with van der Waals surface area (Å²) in [6, 6.07) is 0.488. The van der Waals surface area contributed by atoms with Gasteiger partial charge in [-0.15, -0.1) is 0 Å². The molecule has 0 bridgehead atoms. The molecule has 0 radical (unpaired) electrons. The van der Waals surface area contributed by atoms with Crippen LogP contribution in [0, 0.1) is 0 Å². The Labute approximate surface area is 85.6 Å². The minimum Gasteiger partial charge on any atom is -0.459 e. The second kappa shape index (κ2) is 4.28. The van der Waals surface area contributed by atoms with E-state index < -0.39 is 0 Å². The van der Waals surface area contributed by atoms with E-state index in [1.165, 1.54) is 0 Å². The molecule has 1 N–H and O–H groups in total. The van der Waals surface area contributed by atoms with Crippen molar-refractivity contribution in [3.8, 4) is 0 Å². The van der Waals surface area contributed by atoms with Gasteiger partial charge < -0.3 is 10.1 Å². The van der Waals surface area contributed by atoms with Gasteiger partial charge in [0.2, 0.25) is 0 Å². The Kier molecular flexibility index (Phi) is 3.50. The maximum atomic E-state index is 11.4. The molecule has 82 valence electrons. The molecule has 0 aromatic heterocycles. The summed E-state index contributed by atoms with van der Waals surface area (Å²) in [6.45, 7) is 7.98. The number of ether oxygens (including phenoxy) is 1. The topological polar surface area (TPSA) is 41.6 Å². The lowest BCUT2D eigenvalue weighted by molar-refractivity contribution is -0.156. The predicted molar refractivity (Wildman–Crippen MR) is 55.1 cm³/mol. The molecule has 0 aliphatic carbocycles. The molecule has 1 rings (SSSR count). The van der Waals surface area contributed by atoms with Crippen molar-refractivity contribution in [1.29, 1.82) is 0 Å². The molecule has 1 heterocycles. The van der Waals surface area contributed by atoms with E-state index in [4.69, 9.17) is 4.74 Å². The van der Waals surface area contributed by atoms with Crippen LogP contribution in [0.15, 0.2) is 0 Å². The maximum absolute atomic E-state index is 11.4. The summed E-state index contributed by atoms with van der Waals surface area (Å²) in [5, 5.41) is 3.17. The van der Waals surface area contributed by atoms with Gasteiger partial charge in [-0.1, -0.05) is 0 Å². The summed E-state index contributed by atoms with van der Waals surface area (Å²) >= 11 is 0. The van der Waals surface area contributed by atoms with E-state index in [0.717, 1.165) is 13.1 Å². The Balaban J connectivity index is 2.25. The van der Waals surface area contributed by atoms with Crippen molar-refractivity contribution in [2.24, 2.45) is 0 Å². The molecule has 4 heteroatoms. The van der Waals surface area contributed by atoms with Gasteiger partial charge in [-0.25, -0.2) is 0 Å². The van der Waals surface area contributed by atoms with Crippen molar-refractivity contribution < 1.29 is 9.53 Å². The summed E-state index contributed by atoms with van der Waals surface area (Å²) in [4.78, 5) is 13.5. The minimum absolute atomic E-state index is 0.146. The van der Waals surface area contributed by atoms with E-state index in [1.807, 2.05) is 32.7 Å². The van der Waals surface area contributed by atoms with Crippen LogP contribution in [0.4, 0.5) is 0 Å². The van der Waals surface area contributed by atoms with Gasteiger partial charge in [-0.05, 0) is 27.8 Å².